The van der Waals surface area contributed by atoms with Crippen LogP contribution in [-0.2, 0) is 0 Å². The van der Waals surface area contributed by atoms with Crippen LogP contribution >= 0.6 is 11.5 Å². The zero-order chi connectivity index (χ0) is 14.1. The molecule has 2 aromatic heterocycles. The van der Waals surface area contributed by atoms with Crippen LogP contribution in [0.1, 0.15) is 25.6 Å². The molecule has 2 heterocycles. The molecule has 0 spiro atoms. The summed E-state index contributed by atoms with van der Waals surface area (Å²) in [6.45, 7) is 4.16. The fourth-order valence-electron chi connectivity index (χ4n) is 1.91. The summed E-state index contributed by atoms with van der Waals surface area (Å²) >= 11 is 1.38. The van der Waals surface area contributed by atoms with Crippen molar-refractivity contribution in [3.05, 3.63) is 42.5 Å². The van der Waals surface area contributed by atoms with Crippen LogP contribution in [0.25, 0.3) is 16.5 Å². The Balaban J connectivity index is 2.05. The van der Waals surface area contributed by atoms with Crippen molar-refractivity contribution < 1.29 is 0 Å². The van der Waals surface area contributed by atoms with Crippen molar-refractivity contribution >= 4 is 17.2 Å². The van der Waals surface area contributed by atoms with Gasteiger partial charge in [-0.05, 0) is 12.1 Å². The first-order chi connectivity index (χ1) is 9.65. The molecule has 0 aliphatic heterocycles. The minimum Gasteiger partial charge on any atom is -0.399 e. The normalized spacial score (nSPS) is 11.2. The Morgan fingerprint density at radius 1 is 1.30 bits per heavy atom. The number of aromatic nitrogens is 4. The van der Waals surface area contributed by atoms with Crippen LogP contribution in [0.15, 0.2) is 36.7 Å². The molecule has 102 valence electrons. The second-order valence-electron chi connectivity index (χ2n) is 4.84. The summed E-state index contributed by atoms with van der Waals surface area (Å²) in [6.07, 6.45) is 3.65. The highest BCUT2D eigenvalue weighted by molar-refractivity contribution is 7.08. The molecule has 0 aliphatic rings. The summed E-state index contributed by atoms with van der Waals surface area (Å²) in [5, 5.41) is 0.823. The molecule has 1 aromatic carbocycles. The lowest BCUT2D eigenvalue weighted by Gasteiger charge is -2.04. The summed E-state index contributed by atoms with van der Waals surface area (Å²) in [5.41, 5.74) is 7.52. The number of hydrogen-bond donors (Lipinski definition) is 1. The number of benzene rings is 1. The topological polar surface area (TPSA) is 69.6 Å². The number of nitrogens with zero attached hydrogens (tertiary/aromatic N) is 4. The van der Waals surface area contributed by atoms with Gasteiger partial charge in [-0.3, -0.25) is 4.57 Å². The van der Waals surface area contributed by atoms with Crippen molar-refractivity contribution in [3.63, 3.8) is 0 Å². The maximum absolute atomic E-state index is 5.83. The monoisotopic (exact) mass is 285 g/mol. The van der Waals surface area contributed by atoms with E-state index >= 15 is 0 Å². The minimum atomic E-state index is 0.319. The van der Waals surface area contributed by atoms with Gasteiger partial charge in [-0.25, -0.2) is 9.97 Å². The summed E-state index contributed by atoms with van der Waals surface area (Å²) in [7, 11) is 0. The lowest BCUT2D eigenvalue weighted by molar-refractivity contribution is 0.793. The SMILES string of the molecule is CC(C)c1nsc(-n2ccnc2-c2cccc(N)c2)n1. The molecule has 0 saturated heterocycles. The molecule has 0 atom stereocenters. The lowest BCUT2D eigenvalue weighted by Crippen LogP contribution is -1.97. The average Bonchev–Trinajstić information content (AvgIpc) is 3.07. The summed E-state index contributed by atoms with van der Waals surface area (Å²) in [5.74, 6) is 2.00. The average molecular weight is 285 g/mol. The van der Waals surface area contributed by atoms with Gasteiger partial charge in [0.05, 0.1) is 0 Å². The highest BCUT2D eigenvalue weighted by Gasteiger charge is 2.13. The van der Waals surface area contributed by atoms with Gasteiger partial charge in [0, 0.05) is 41.1 Å². The first-order valence-electron chi connectivity index (χ1n) is 6.38. The van der Waals surface area contributed by atoms with Crippen LogP contribution in [0.4, 0.5) is 5.69 Å². The second-order valence-corrected chi connectivity index (χ2v) is 5.57. The van der Waals surface area contributed by atoms with Gasteiger partial charge >= 0.3 is 0 Å². The molecule has 0 amide bonds. The smallest absolute Gasteiger partial charge is 0.215 e. The number of anilines is 1. The Morgan fingerprint density at radius 2 is 2.15 bits per heavy atom. The Bertz CT molecular complexity index is 729. The summed E-state index contributed by atoms with van der Waals surface area (Å²) in [6, 6.07) is 7.67. The van der Waals surface area contributed by atoms with E-state index in [9.17, 15) is 0 Å². The van der Waals surface area contributed by atoms with Gasteiger partial charge in [-0.2, -0.15) is 4.37 Å². The molecule has 6 heteroatoms. The number of nitrogen functional groups attached to an aromatic ring is 1. The van der Waals surface area contributed by atoms with E-state index in [1.165, 1.54) is 11.5 Å². The third-order valence-corrected chi connectivity index (χ3v) is 3.67. The number of rotatable bonds is 3. The van der Waals surface area contributed by atoms with E-state index in [1.807, 2.05) is 35.0 Å². The van der Waals surface area contributed by atoms with Crippen LogP contribution in [-0.4, -0.2) is 18.9 Å². The first-order valence-corrected chi connectivity index (χ1v) is 7.15. The molecule has 0 fully saturated rings. The van der Waals surface area contributed by atoms with Gasteiger partial charge in [0.15, 0.2) is 0 Å². The van der Waals surface area contributed by atoms with Crippen LogP contribution in [0.2, 0.25) is 0 Å². The predicted molar refractivity (Wildman–Crippen MR) is 81.0 cm³/mol. The van der Waals surface area contributed by atoms with E-state index in [0.717, 1.165) is 28.0 Å². The highest BCUT2D eigenvalue weighted by Crippen LogP contribution is 2.25. The number of nitrogens with two attached hydrogens (primary N) is 1. The van der Waals surface area contributed by atoms with E-state index in [2.05, 4.69) is 28.2 Å². The third kappa shape index (κ3) is 2.30. The van der Waals surface area contributed by atoms with Gasteiger partial charge in [-0.1, -0.05) is 26.0 Å². The fourth-order valence-corrected chi connectivity index (χ4v) is 2.70. The van der Waals surface area contributed by atoms with Crippen LogP contribution in [0, 0.1) is 0 Å². The van der Waals surface area contributed by atoms with Crippen molar-refractivity contribution in [3.8, 4) is 16.5 Å². The molecule has 0 saturated carbocycles. The molecular weight excluding hydrogens is 270 g/mol. The minimum absolute atomic E-state index is 0.319. The van der Waals surface area contributed by atoms with E-state index in [-0.39, 0.29) is 0 Å². The highest BCUT2D eigenvalue weighted by atomic mass is 32.1. The van der Waals surface area contributed by atoms with Gasteiger partial charge in [0.25, 0.3) is 0 Å². The maximum atomic E-state index is 5.83. The van der Waals surface area contributed by atoms with Crippen molar-refractivity contribution in [1.82, 2.24) is 18.9 Å². The quantitative estimate of drug-likeness (QED) is 0.751. The maximum Gasteiger partial charge on any atom is 0.215 e. The zero-order valence-corrected chi connectivity index (χ0v) is 12.1. The molecule has 0 aliphatic carbocycles. The molecule has 20 heavy (non-hydrogen) atoms. The predicted octanol–water partition coefficient (Wildman–Crippen LogP) is 3.10. The Labute approximate surface area is 121 Å². The summed E-state index contributed by atoms with van der Waals surface area (Å²) < 4.78 is 6.32. The Morgan fingerprint density at radius 3 is 2.85 bits per heavy atom. The fraction of sp³-hybridized carbons (Fsp3) is 0.214. The van der Waals surface area contributed by atoms with E-state index in [0.29, 0.717) is 5.92 Å². The van der Waals surface area contributed by atoms with E-state index in [4.69, 9.17) is 5.73 Å². The standard InChI is InChI=1S/C14H15N5S/c1-9(2)12-17-14(20-18-12)19-7-6-16-13(19)10-4-3-5-11(15)8-10/h3-9H,15H2,1-2H3. The molecule has 5 nitrogen and oxygen atoms in total. The van der Waals surface area contributed by atoms with Gasteiger partial charge in [0.1, 0.15) is 11.6 Å². The van der Waals surface area contributed by atoms with Gasteiger partial charge in [-0.15, -0.1) is 0 Å². The lowest BCUT2D eigenvalue weighted by atomic mass is 10.2. The molecule has 3 aromatic rings. The largest absolute Gasteiger partial charge is 0.399 e. The van der Waals surface area contributed by atoms with Crippen molar-refractivity contribution in [1.29, 1.82) is 0 Å². The molecule has 3 rings (SSSR count). The van der Waals surface area contributed by atoms with Crippen molar-refractivity contribution in [2.75, 3.05) is 5.73 Å². The number of hydrogen-bond acceptors (Lipinski definition) is 5. The molecule has 2 N–H and O–H groups in total. The van der Waals surface area contributed by atoms with Gasteiger partial charge < -0.3 is 5.73 Å². The van der Waals surface area contributed by atoms with E-state index in [1.54, 1.807) is 6.20 Å². The first kappa shape index (κ1) is 12.8. The second kappa shape index (κ2) is 5.05. The number of imidazole rings is 1. The molecule has 0 unspecified atom stereocenters. The van der Waals surface area contributed by atoms with Crippen LogP contribution in [0.5, 0.6) is 0 Å². The summed E-state index contributed by atoms with van der Waals surface area (Å²) in [4.78, 5) is 8.96. The van der Waals surface area contributed by atoms with Gasteiger partial charge in [0.2, 0.25) is 5.13 Å². The van der Waals surface area contributed by atoms with Crippen molar-refractivity contribution in [2.45, 2.75) is 19.8 Å². The van der Waals surface area contributed by atoms with E-state index < -0.39 is 0 Å². The van der Waals surface area contributed by atoms with Crippen LogP contribution < -0.4 is 5.73 Å². The third-order valence-electron chi connectivity index (χ3n) is 2.94. The Kier molecular flexibility index (Phi) is 3.23. The molecule has 0 radical (unpaired) electrons. The van der Waals surface area contributed by atoms with Crippen molar-refractivity contribution in [2.24, 2.45) is 0 Å². The zero-order valence-electron chi connectivity index (χ0n) is 11.3. The molecular formula is C14H15N5S. The van der Waals surface area contributed by atoms with Crippen LogP contribution in [0.3, 0.4) is 0 Å². The Hall–Kier alpha value is -2.21. The molecule has 0 bridgehead atoms.